The Morgan fingerprint density at radius 1 is 1.87 bits per heavy atom. The predicted octanol–water partition coefficient (Wildman–Crippen LogP) is 1.86. The van der Waals surface area contributed by atoms with Gasteiger partial charge in [-0.25, -0.2) is 4.98 Å². The summed E-state index contributed by atoms with van der Waals surface area (Å²) in [7, 11) is 0. The number of aliphatic hydroxyl groups is 1. The van der Waals surface area contributed by atoms with Crippen LogP contribution in [0.4, 0.5) is 5.13 Å². The molecule has 0 spiro atoms. The van der Waals surface area contributed by atoms with E-state index in [1.807, 2.05) is 12.3 Å². The SMILES string of the molecule is CC1OCCC1(O)CNc1nc(Br)cs1. The maximum Gasteiger partial charge on any atom is 0.183 e. The van der Waals surface area contributed by atoms with Gasteiger partial charge < -0.3 is 15.2 Å². The minimum atomic E-state index is -0.766. The van der Waals surface area contributed by atoms with Crippen molar-refractivity contribution in [2.45, 2.75) is 25.0 Å². The number of anilines is 1. The second kappa shape index (κ2) is 4.37. The molecule has 15 heavy (non-hydrogen) atoms. The molecule has 2 heterocycles. The van der Waals surface area contributed by atoms with E-state index in [0.29, 0.717) is 19.6 Å². The highest BCUT2D eigenvalue weighted by Crippen LogP contribution is 2.27. The molecule has 2 N–H and O–H groups in total. The van der Waals surface area contributed by atoms with Crippen LogP contribution in [0.15, 0.2) is 9.98 Å². The second-order valence-corrected chi connectivity index (χ2v) is 5.37. The maximum absolute atomic E-state index is 10.2. The first-order chi connectivity index (χ1) is 7.10. The van der Waals surface area contributed by atoms with Crippen molar-refractivity contribution >= 4 is 32.4 Å². The molecule has 2 rings (SSSR count). The molecule has 1 aliphatic rings. The van der Waals surface area contributed by atoms with E-state index in [2.05, 4.69) is 26.2 Å². The van der Waals surface area contributed by atoms with Gasteiger partial charge in [-0.05, 0) is 22.9 Å². The van der Waals surface area contributed by atoms with Crippen LogP contribution in [-0.2, 0) is 4.74 Å². The van der Waals surface area contributed by atoms with Crippen LogP contribution in [-0.4, -0.2) is 34.9 Å². The zero-order valence-electron chi connectivity index (χ0n) is 8.36. The first-order valence-electron chi connectivity index (χ1n) is 4.79. The van der Waals surface area contributed by atoms with Crippen molar-refractivity contribution < 1.29 is 9.84 Å². The summed E-state index contributed by atoms with van der Waals surface area (Å²) in [4.78, 5) is 4.20. The zero-order chi connectivity index (χ0) is 10.9. The smallest absolute Gasteiger partial charge is 0.183 e. The molecule has 0 radical (unpaired) electrons. The molecule has 1 aromatic rings. The van der Waals surface area contributed by atoms with E-state index in [0.717, 1.165) is 9.73 Å². The standard InChI is InChI=1S/C9H13BrN2O2S/c1-6-9(13,2-3-14-6)5-11-8-12-7(10)4-15-8/h4,6,13H,2-3,5H2,1H3,(H,11,12). The van der Waals surface area contributed by atoms with Crippen LogP contribution in [0.25, 0.3) is 0 Å². The van der Waals surface area contributed by atoms with Gasteiger partial charge in [0.25, 0.3) is 0 Å². The molecular weight excluding hydrogens is 280 g/mol. The summed E-state index contributed by atoms with van der Waals surface area (Å²) in [6.07, 6.45) is 0.557. The van der Waals surface area contributed by atoms with Gasteiger partial charge in [-0.15, -0.1) is 11.3 Å². The van der Waals surface area contributed by atoms with E-state index in [9.17, 15) is 5.11 Å². The molecule has 1 aliphatic heterocycles. The Labute approximate surface area is 101 Å². The third-order valence-corrected chi connectivity index (χ3v) is 4.19. The minimum Gasteiger partial charge on any atom is -0.385 e. The van der Waals surface area contributed by atoms with E-state index >= 15 is 0 Å². The largest absolute Gasteiger partial charge is 0.385 e. The van der Waals surface area contributed by atoms with Gasteiger partial charge in [-0.2, -0.15) is 0 Å². The van der Waals surface area contributed by atoms with Crippen molar-refractivity contribution in [1.29, 1.82) is 0 Å². The molecular formula is C9H13BrN2O2S. The number of rotatable bonds is 3. The fourth-order valence-corrected chi connectivity index (χ4v) is 2.71. The lowest BCUT2D eigenvalue weighted by atomic mass is 9.97. The molecule has 0 saturated carbocycles. The maximum atomic E-state index is 10.2. The Kier molecular flexibility index (Phi) is 3.30. The summed E-state index contributed by atoms with van der Waals surface area (Å²) in [6.45, 7) is 3.00. The number of hydrogen-bond donors (Lipinski definition) is 2. The Balaban J connectivity index is 1.92. The van der Waals surface area contributed by atoms with E-state index in [4.69, 9.17) is 4.74 Å². The van der Waals surface area contributed by atoms with Gasteiger partial charge in [-0.1, -0.05) is 0 Å². The molecule has 2 atom stereocenters. The number of thiazole rings is 1. The van der Waals surface area contributed by atoms with Crippen molar-refractivity contribution in [2.24, 2.45) is 0 Å². The van der Waals surface area contributed by atoms with Crippen LogP contribution in [0, 0.1) is 0 Å². The number of nitrogens with one attached hydrogen (secondary N) is 1. The Bertz CT molecular complexity index is 347. The van der Waals surface area contributed by atoms with Gasteiger partial charge in [0.05, 0.1) is 6.10 Å². The highest BCUT2D eigenvalue weighted by Gasteiger charge is 2.39. The molecule has 4 nitrogen and oxygen atoms in total. The monoisotopic (exact) mass is 292 g/mol. The molecule has 0 bridgehead atoms. The first-order valence-corrected chi connectivity index (χ1v) is 6.46. The Hall–Kier alpha value is -0.170. The van der Waals surface area contributed by atoms with Crippen molar-refractivity contribution in [3.8, 4) is 0 Å². The average Bonchev–Trinajstić information content (AvgIpc) is 2.73. The molecule has 1 aromatic heterocycles. The highest BCUT2D eigenvalue weighted by molar-refractivity contribution is 9.10. The predicted molar refractivity (Wildman–Crippen MR) is 63.3 cm³/mol. The number of halogens is 1. The van der Waals surface area contributed by atoms with Crippen molar-refractivity contribution in [1.82, 2.24) is 4.98 Å². The highest BCUT2D eigenvalue weighted by atomic mass is 79.9. The molecule has 1 fully saturated rings. The lowest BCUT2D eigenvalue weighted by molar-refractivity contribution is -0.0175. The van der Waals surface area contributed by atoms with Crippen LogP contribution in [0.1, 0.15) is 13.3 Å². The molecule has 0 aliphatic carbocycles. The third-order valence-electron chi connectivity index (χ3n) is 2.68. The van der Waals surface area contributed by atoms with Crippen LogP contribution in [0.3, 0.4) is 0 Å². The number of hydrogen-bond acceptors (Lipinski definition) is 5. The Morgan fingerprint density at radius 2 is 2.67 bits per heavy atom. The molecule has 6 heteroatoms. The molecule has 1 saturated heterocycles. The summed E-state index contributed by atoms with van der Waals surface area (Å²) < 4.78 is 6.16. The van der Waals surface area contributed by atoms with E-state index in [1.165, 1.54) is 11.3 Å². The fraction of sp³-hybridized carbons (Fsp3) is 0.667. The zero-order valence-corrected chi connectivity index (χ0v) is 10.8. The lowest BCUT2D eigenvalue weighted by Gasteiger charge is -2.25. The molecule has 84 valence electrons. The van der Waals surface area contributed by atoms with Gasteiger partial charge in [0.2, 0.25) is 0 Å². The van der Waals surface area contributed by atoms with Crippen LogP contribution in [0.2, 0.25) is 0 Å². The number of aromatic nitrogens is 1. The number of nitrogens with zero attached hydrogens (tertiary/aromatic N) is 1. The summed E-state index contributed by atoms with van der Waals surface area (Å²) in [5.41, 5.74) is -0.766. The summed E-state index contributed by atoms with van der Waals surface area (Å²) in [6, 6.07) is 0. The van der Waals surface area contributed by atoms with Crippen LogP contribution in [0.5, 0.6) is 0 Å². The van der Waals surface area contributed by atoms with Gasteiger partial charge in [0, 0.05) is 25.0 Å². The van der Waals surface area contributed by atoms with Gasteiger partial charge >= 0.3 is 0 Å². The van der Waals surface area contributed by atoms with E-state index < -0.39 is 5.60 Å². The molecule has 0 aromatic carbocycles. The van der Waals surface area contributed by atoms with E-state index in [1.54, 1.807) is 0 Å². The van der Waals surface area contributed by atoms with Crippen molar-refractivity contribution in [3.05, 3.63) is 9.98 Å². The summed E-state index contributed by atoms with van der Waals surface area (Å²) in [5.74, 6) is 0. The third kappa shape index (κ3) is 2.50. The first kappa shape index (κ1) is 11.3. The Morgan fingerprint density at radius 3 is 3.20 bits per heavy atom. The van der Waals surface area contributed by atoms with E-state index in [-0.39, 0.29) is 6.10 Å². The average molecular weight is 293 g/mol. The summed E-state index contributed by atoms with van der Waals surface area (Å²) >= 11 is 4.79. The normalized spacial score (nSPS) is 30.7. The lowest BCUT2D eigenvalue weighted by Crippen LogP contribution is -2.42. The van der Waals surface area contributed by atoms with Crippen molar-refractivity contribution in [2.75, 3.05) is 18.5 Å². The van der Waals surface area contributed by atoms with Gasteiger partial charge in [-0.3, -0.25) is 0 Å². The number of ether oxygens (including phenoxy) is 1. The second-order valence-electron chi connectivity index (χ2n) is 3.70. The van der Waals surface area contributed by atoms with Crippen molar-refractivity contribution in [3.63, 3.8) is 0 Å². The van der Waals surface area contributed by atoms with Gasteiger partial charge in [0.15, 0.2) is 5.13 Å². The van der Waals surface area contributed by atoms with Crippen LogP contribution >= 0.6 is 27.3 Å². The molecule has 0 amide bonds. The fourth-order valence-electron chi connectivity index (χ4n) is 1.57. The minimum absolute atomic E-state index is 0.117. The van der Waals surface area contributed by atoms with Gasteiger partial charge in [0.1, 0.15) is 10.2 Å². The topological polar surface area (TPSA) is 54.4 Å². The molecule has 2 unspecified atom stereocenters. The quantitative estimate of drug-likeness (QED) is 0.893. The summed E-state index contributed by atoms with van der Waals surface area (Å²) in [5, 5.41) is 16.0. The van der Waals surface area contributed by atoms with Crippen LogP contribution < -0.4 is 5.32 Å².